The van der Waals surface area contributed by atoms with Crippen molar-refractivity contribution in [3.63, 3.8) is 0 Å². The molecule has 0 radical (unpaired) electrons. The van der Waals surface area contributed by atoms with Gasteiger partial charge in [0.1, 0.15) is 6.61 Å². The lowest BCUT2D eigenvalue weighted by atomic mass is 10.1. The van der Waals surface area contributed by atoms with Crippen LogP contribution in [0.3, 0.4) is 0 Å². The Kier molecular flexibility index (Phi) is 4.15. The smallest absolute Gasteiger partial charge is 0.249 e. The van der Waals surface area contributed by atoms with Gasteiger partial charge in [0.05, 0.1) is 12.6 Å². The number of benzene rings is 1. The third kappa shape index (κ3) is 3.06. The maximum absolute atomic E-state index is 11.8. The number of ether oxygens (including phenoxy) is 1. The van der Waals surface area contributed by atoms with Crippen molar-refractivity contribution in [3.8, 4) is 0 Å². The summed E-state index contributed by atoms with van der Waals surface area (Å²) in [7, 11) is 0. The van der Waals surface area contributed by atoms with E-state index in [1.54, 1.807) is 4.90 Å². The summed E-state index contributed by atoms with van der Waals surface area (Å²) in [6.45, 7) is 1.70. The molecule has 1 aliphatic rings. The molecule has 1 saturated heterocycles. The van der Waals surface area contributed by atoms with Crippen LogP contribution in [0.5, 0.6) is 0 Å². The molecular formula is C12H15BrN2O2. The summed E-state index contributed by atoms with van der Waals surface area (Å²) in [6, 6.07) is 7.92. The van der Waals surface area contributed by atoms with E-state index in [4.69, 9.17) is 10.5 Å². The minimum absolute atomic E-state index is 0.00618. The van der Waals surface area contributed by atoms with E-state index in [0.717, 1.165) is 10.0 Å². The van der Waals surface area contributed by atoms with Crippen LogP contribution < -0.4 is 5.73 Å². The van der Waals surface area contributed by atoms with E-state index >= 15 is 0 Å². The fraction of sp³-hybridized carbons (Fsp3) is 0.417. The normalized spacial score (nSPS) is 20.7. The second kappa shape index (κ2) is 5.62. The molecule has 1 unspecified atom stereocenters. The number of amides is 1. The molecule has 1 aliphatic heterocycles. The van der Waals surface area contributed by atoms with Crippen LogP contribution in [0.25, 0.3) is 0 Å². The van der Waals surface area contributed by atoms with Gasteiger partial charge in [0.25, 0.3) is 0 Å². The number of morpholine rings is 1. The van der Waals surface area contributed by atoms with Gasteiger partial charge >= 0.3 is 0 Å². The first-order chi connectivity index (χ1) is 8.20. The Hall–Kier alpha value is -0.910. The van der Waals surface area contributed by atoms with Gasteiger partial charge in [0.15, 0.2) is 0 Å². The Bertz CT molecular complexity index is 411. The lowest BCUT2D eigenvalue weighted by Crippen LogP contribution is -2.52. The first-order valence-electron chi connectivity index (χ1n) is 5.52. The third-order valence-corrected chi connectivity index (χ3v) is 3.30. The molecule has 5 heteroatoms. The zero-order chi connectivity index (χ0) is 12.3. The highest BCUT2D eigenvalue weighted by molar-refractivity contribution is 9.10. The first kappa shape index (κ1) is 12.5. The van der Waals surface area contributed by atoms with E-state index in [9.17, 15) is 4.79 Å². The van der Waals surface area contributed by atoms with Crippen molar-refractivity contribution in [1.82, 2.24) is 4.90 Å². The molecule has 1 aromatic carbocycles. The minimum Gasteiger partial charge on any atom is -0.369 e. The van der Waals surface area contributed by atoms with Crippen LogP contribution in [-0.2, 0) is 16.1 Å². The number of halogens is 1. The Morgan fingerprint density at radius 2 is 2.35 bits per heavy atom. The Balaban J connectivity index is 2.12. The fourth-order valence-electron chi connectivity index (χ4n) is 1.90. The lowest BCUT2D eigenvalue weighted by Gasteiger charge is -2.34. The largest absolute Gasteiger partial charge is 0.369 e. The van der Waals surface area contributed by atoms with Gasteiger partial charge in [-0.2, -0.15) is 0 Å². The number of rotatable bonds is 3. The summed E-state index contributed by atoms with van der Waals surface area (Å²) in [4.78, 5) is 13.6. The molecule has 0 saturated carbocycles. The summed E-state index contributed by atoms with van der Waals surface area (Å²) >= 11 is 3.42. The van der Waals surface area contributed by atoms with Crippen molar-refractivity contribution in [1.29, 1.82) is 0 Å². The third-order valence-electron chi connectivity index (χ3n) is 2.81. The van der Waals surface area contributed by atoms with Crippen LogP contribution in [0.1, 0.15) is 5.56 Å². The van der Waals surface area contributed by atoms with Gasteiger partial charge in [0.2, 0.25) is 5.91 Å². The molecule has 1 aromatic rings. The number of hydrogen-bond donors (Lipinski definition) is 1. The molecule has 2 N–H and O–H groups in total. The van der Waals surface area contributed by atoms with E-state index in [0.29, 0.717) is 19.7 Å². The fourth-order valence-corrected chi connectivity index (χ4v) is 2.35. The average Bonchev–Trinajstić information content (AvgIpc) is 2.32. The maximum atomic E-state index is 11.8. The van der Waals surface area contributed by atoms with Crippen molar-refractivity contribution in [2.45, 2.75) is 12.6 Å². The predicted molar refractivity (Wildman–Crippen MR) is 68.4 cm³/mol. The Morgan fingerprint density at radius 1 is 1.53 bits per heavy atom. The predicted octanol–water partition coefficient (Wildman–Crippen LogP) is 1.14. The zero-order valence-corrected chi connectivity index (χ0v) is 11.0. The number of nitrogens with two attached hydrogens (primary N) is 1. The summed E-state index contributed by atoms with van der Waals surface area (Å²) in [5, 5.41) is 0. The van der Waals surface area contributed by atoms with E-state index in [1.807, 2.05) is 24.3 Å². The van der Waals surface area contributed by atoms with Gasteiger partial charge in [-0.1, -0.05) is 28.1 Å². The Labute approximate surface area is 109 Å². The van der Waals surface area contributed by atoms with Crippen LogP contribution in [-0.4, -0.2) is 36.6 Å². The highest BCUT2D eigenvalue weighted by Gasteiger charge is 2.27. The zero-order valence-electron chi connectivity index (χ0n) is 9.43. The quantitative estimate of drug-likeness (QED) is 0.910. The molecule has 2 rings (SSSR count). The topological polar surface area (TPSA) is 55.6 Å². The minimum atomic E-state index is -0.0183. The number of hydrogen-bond acceptors (Lipinski definition) is 3. The second-order valence-corrected chi connectivity index (χ2v) is 4.97. The van der Waals surface area contributed by atoms with Crippen molar-refractivity contribution in [2.24, 2.45) is 5.73 Å². The van der Waals surface area contributed by atoms with E-state index in [-0.39, 0.29) is 18.6 Å². The summed E-state index contributed by atoms with van der Waals surface area (Å²) in [6.07, 6.45) is 0. The molecule has 1 fully saturated rings. The lowest BCUT2D eigenvalue weighted by molar-refractivity contribution is -0.148. The summed E-state index contributed by atoms with van der Waals surface area (Å²) in [5.41, 5.74) is 6.75. The highest BCUT2D eigenvalue weighted by atomic mass is 79.9. The molecule has 0 aromatic heterocycles. The van der Waals surface area contributed by atoms with Crippen LogP contribution in [0, 0.1) is 0 Å². The van der Waals surface area contributed by atoms with Crippen LogP contribution >= 0.6 is 15.9 Å². The molecule has 1 atom stereocenters. The van der Waals surface area contributed by atoms with Crippen LogP contribution in [0.4, 0.5) is 0 Å². The average molecular weight is 299 g/mol. The van der Waals surface area contributed by atoms with Crippen molar-refractivity contribution in [2.75, 3.05) is 19.8 Å². The Morgan fingerprint density at radius 3 is 3.06 bits per heavy atom. The molecule has 17 heavy (non-hydrogen) atoms. The molecule has 4 nitrogen and oxygen atoms in total. The van der Waals surface area contributed by atoms with Gasteiger partial charge < -0.3 is 15.4 Å². The molecule has 1 amide bonds. The summed E-state index contributed by atoms with van der Waals surface area (Å²) < 4.78 is 6.21. The summed E-state index contributed by atoms with van der Waals surface area (Å²) in [5.74, 6) is 0.00618. The van der Waals surface area contributed by atoms with Gasteiger partial charge in [-0.05, 0) is 17.7 Å². The van der Waals surface area contributed by atoms with Gasteiger partial charge in [0, 0.05) is 17.6 Å². The second-order valence-electron chi connectivity index (χ2n) is 4.06. The van der Waals surface area contributed by atoms with Gasteiger partial charge in [-0.25, -0.2) is 0 Å². The maximum Gasteiger partial charge on any atom is 0.249 e. The van der Waals surface area contributed by atoms with E-state index in [1.165, 1.54) is 0 Å². The number of carbonyl (C=O) groups excluding carboxylic acids is 1. The van der Waals surface area contributed by atoms with E-state index < -0.39 is 0 Å². The van der Waals surface area contributed by atoms with Crippen molar-refractivity contribution >= 4 is 21.8 Å². The first-order valence-corrected chi connectivity index (χ1v) is 6.31. The molecule has 1 heterocycles. The molecule has 0 aliphatic carbocycles. The highest BCUT2D eigenvalue weighted by Crippen LogP contribution is 2.16. The van der Waals surface area contributed by atoms with Gasteiger partial charge in [-0.3, -0.25) is 4.79 Å². The SMILES string of the molecule is NCC1COCC(=O)N1Cc1cccc(Br)c1. The van der Waals surface area contributed by atoms with Crippen LogP contribution in [0.15, 0.2) is 28.7 Å². The van der Waals surface area contributed by atoms with Crippen LogP contribution in [0.2, 0.25) is 0 Å². The monoisotopic (exact) mass is 298 g/mol. The molecular weight excluding hydrogens is 284 g/mol. The number of nitrogens with zero attached hydrogens (tertiary/aromatic N) is 1. The van der Waals surface area contributed by atoms with Crippen molar-refractivity contribution in [3.05, 3.63) is 34.3 Å². The molecule has 0 spiro atoms. The standard InChI is InChI=1S/C12H15BrN2O2/c13-10-3-1-2-9(4-10)6-15-11(5-14)7-17-8-12(15)16/h1-4,11H,5-8,14H2. The van der Waals surface area contributed by atoms with Crippen molar-refractivity contribution < 1.29 is 9.53 Å². The van der Waals surface area contributed by atoms with E-state index in [2.05, 4.69) is 15.9 Å². The van der Waals surface area contributed by atoms with Gasteiger partial charge in [-0.15, -0.1) is 0 Å². The number of carbonyl (C=O) groups is 1. The molecule has 0 bridgehead atoms. The molecule has 92 valence electrons.